The number of fused-ring (bicyclic) bond motifs is 3. The summed E-state index contributed by atoms with van der Waals surface area (Å²) in [5.41, 5.74) is 1.22. The van der Waals surface area contributed by atoms with E-state index in [9.17, 15) is 19.2 Å². The Kier molecular flexibility index (Phi) is 11.6. The van der Waals surface area contributed by atoms with Crippen molar-refractivity contribution in [3.63, 3.8) is 0 Å². The standard InChI is InChI=1S/C31H49NO6/c1-6-24-15-16-32-27(18-24)31(36)37-19-22(4)8-12-25(33)11-7-20(2)17-21(3)9-13-26-14-10-23(5)29(38-26)28(34)30(32)35/h7,21-24,26-27,29H,6,8-19H2,1-5H3. The van der Waals surface area contributed by atoms with Gasteiger partial charge < -0.3 is 14.4 Å². The van der Waals surface area contributed by atoms with Crippen molar-refractivity contribution in [3.05, 3.63) is 11.6 Å². The van der Waals surface area contributed by atoms with Crippen LogP contribution in [0, 0.1) is 23.7 Å². The maximum absolute atomic E-state index is 13.5. The fourth-order valence-electron chi connectivity index (χ4n) is 6.09. The van der Waals surface area contributed by atoms with Gasteiger partial charge in [0.15, 0.2) is 0 Å². The summed E-state index contributed by atoms with van der Waals surface area (Å²) < 4.78 is 11.9. The molecule has 0 N–H and O–H groups in total. The molecule has 38 heavy (non-hydrogen) atoms. The first-order valence-corrected chi connectivity index (χ1v) is 14.9. The van der Waals surface area contributed by atoms with Crippen LogP contribution in [0.2, 0.25) is 0 Å². The molecule has 3 rings (SSSR count). The van der Waals surface area contributed by atoms with Crippen LogP contribution in [0.25, 0.3) is 0 Å². The van der Waals surface area contributed by atoms with Crippen molar-refractivity contribution >= 4 is 23.4 Å². The number of carbonyl (C=O) groups excluding carboxylic acids is 4. The average molecular weight is 532 g/mol. The number of allylic oxidation sites excluding steroid dienone is 2. The van der Waals surface area contributed by atoms with Crippen molar-refractivity contribution in [2.75, 3.05) is 13.2 Å². The van der Waals surface area contributed by atoms with Gasteiger partial charge in [-0.25, -0.2) is 4.79 Å². The zero-order valence-corrected chi connectivity index (χ0v) is 24.2. The second-order valence-corrected chi connectivity index (χ2v) is 12.4. The van der Waals surface area contributed by atoms with Gasteiger partial charge in [-0.1, -0.05) is 45.8 Å². The van der Waals surface area contributed by atoms with Crippen LogP contribution in [0.15, 0.2) is 11.6 Å². The molecule has 2 bridgehead atoms. The van der Waals surface area contributed by atoms with Crippen molar-refractivity contribution in [2.24, 2.45) is 23.7 Å². The lowest BCUT2D eigenvalue weighted by atomic mass is 9.86. The van der Waals surface area contributed by atoms with E-state index in [1.165, 1.54) is 10.5 Å². The lowest BCUT2D eigenvalue weighted by molar-refractivity contribution is -0.167. The van der Waals surface area contributed by atoms with Crippen LogP contribution in [-0.4, -0.2) is 59.7 Å². The highest BCUT2D eigenvalue weighted by atomic mass is 16.5. The maximum Gasteiger partial charge on any atom is 0.328 e. The van der Waals surface area contributed by atoms with Crippen LogP contribution in [0.4, 0.5) is 0 Å². The molecule has 2 fully saturated rings. The molecule has 0 spiro atoms. The molecule has 3 aliphatic heterocycles. The molecule has 1 amide bonds. The van der Waals surface area contributed by atoms with E-state index in [1.807, 2.05) is 19.9 Å². The van der Waals surface area contributed by atoms with Crippen molar-refractivity contribution in [3.8, 4) is 0 Å². The highest BCUT2D eigenvalue weighted by Crippen LogP contribution is 2.32. The molecule has 7 nitrogen and oxygen atoms in total. The minimum atomic E-state index is -0.765. The van der Waals surface area contributed by atoms with E-state index < -0.39 is 29.8 Å². The molecule has 0 aromatic heterocycles. The third kappa shape index (κ3) is 8.49. The second kappa shape index (κ2) is 14.4. The number of amides is 1. The maximum atomic E-state index is 13.5. The highest BCUT2D eigenvalue weighted by Gasteiger charge is 2.43. The summed E-state index contributed by atoms with van der Waals surface area (Å²) in [6.45, 7) is 10.9. The number of esters is 1. The molecule has 0 saturated carbocycles. The molecule has 7 heteroatoms. The molecule has 0 aromatic rings. The van der Waals surface area contributed by atoms with Crippen molar-refractivity contribution in [1.29, 1.82) is 0 Å². The van der Waals surface area contributed by atoms with Gasteiger partial charge in [0, 0.05) is 19.4 Å². The van der Waals surface area contributed by atoms with E-state index in [0.717, 1.165) is 44.9 Å². The molecule has 2 saturated heterocycles. The smallest absolute Gasteiger partial charge is 0.328 e. The number of rotatable bonds is 1. The van der Waals surface area contributed by atoms with Crippen LogP contribution in [-0.2, 0) is 28.7 Å². The molecule has 3 heterocycles. The number of Topliss-reactive ketones (excluding diaryl/α,β-unsaturated/α-hetero) is 2. The van der Waals surface area contributed by atoms with Crippen molar-refractivity contribution in [2.45, 2.75) is 123 Å². The van der Waals surface area contributed by atoms with Gasteiger partial charge in [0.2, 0.25) is 5.78 Å². The first kappa shape index (κ1) is 30.5. The van der Waals surface area contributed by atoms with E-state index in [4.69, 9.17) is 9.47 Å². The number of hydrogen-bond acceptors (Lipinski definition) is 6. The summed E-state index contributed by atoms with van der Waals surface area (Å²) in [4.78, 5) is 54.1. The van der Waals surface area contributed by atoms with E-state index in [2.05, 4.69) is 20.8 Å². The summed E-state index contributed by atoms with van der Waals surface area (Å²) in [5, 5.41) is 0. The van der Waals surface area contributed by atoms with E-state index >= 15 is 0 Å². The Morgan fingerprint density at radius 3 is 2.42 bits per heavy atom. The van der Waals surface area contributed by atoms with E-state index in [-0.39, 0.29) is 30.3 Å². The van der Waals surface area contributed by atoms with Gasteiger partial charge >= 0.3 is 5.97 Å². The van der Waals surface area contributed by atoms with Gasteiger partial charge in [0.05, 0.1) is 12.7 Å². The number of nitrogens with zero attached hydrogens (tertiary/aromatic N) is 1. The van der Waals surface area contributed by atoms with Crippen LogP contribution in [0.1, 0.15) is 105 Å². The topological polar surface area (TPSA) is 90.0 Å². The minimum absolute atomic E-state index is 0.0341. The normalized spacial score (nSPS) is 35.6. The molecule has 0 aromatic carbocycles. The first-order valence-electron chi connectivity index (χ1n) is 14.9. The minimum Gasteiger partial charge on any atom is -0.464 e. The molecule has 214 valence electrons. The molecule has 7 unspecified atom stereocenters. The molecule has 0 aliphatic carbocycles. The SMILES string of the molecule is CCC1CCN2C(=O)C(=O)C3OC(CCC(C)CC(C)=CCC(=O)CCC(C)COC(=O)C2C1)CCC3C. The average Bonchev–Trinajstić information content (AvgIpc) is 2.91. The van der Waals surface area contributed by atoms with Crippen LogP contribution < -0.4 is 0 Å². The summed E-state index contributed by atoms with van der Waals surface area (Å²) in [5.74, 6) is -0.642. The Labute approximate surface area is 229 Å². The molecule has 3 aliphatic rings. The van der Waals surface area contributed by atoms with Gasteiger partial charge in [-0.15, -0.1) is 0 Å². The number of cyclic esters (lactones) is 1. The zero-order valence-electron chi connectivity index (χ0n) is 24.2. The third-order valence-electron chi connectivity index (χ3n) is 8.85. The van der Waals surface area contributed by atoms with Gasteiger partial charge in [-0.3, -0.25) is 14.4 Å². The molecule has 7 atom stereocenters. The zero-order chi connectivity index (χ0) is 27.8. The third-order valence-corrected chi connectivity index (χ3v) is 8.85. The summed E-state index contributed by atoms with van der Waals surface area (Å²) >= 11 is 0. The van der Waals surface area contributed by atoms with E-state index in [0.29, 0.717) is 44.1 Å². The number of carbonyl (C=O) groups is 4. The second-order valence-electron chi connectivity index (χ2n) is 12.4. The van der Waals surface area contributed by atoms with Gasteiger partial charge in [0.25, 0.3) is 5.91 Å². The number of ketones is 2. The van der Waals surface area contributed by atoms with Crippen LogP contribution in [0.5, 0.6) is 0 Å². The Morgan fingerprint density at radius 1 is 0.947 bits per heavy atom. The van der Waals surface area contributed by atoms with E-state index in [1.54, 1.807) is 0 Å². The summed E-state index contributed by atoms with van der Waals surface area (Å²) in [6.07, 6.45) is 9.42. The first-order chi connectivity index (χ1) is 18.1. The van der Waals surface area contributed by atoms with Crippen LogP contribution in [0.3, 0.4) is 0 Å². The Morgan fingerprint density at radius 2 is 1.68 bits per heavy atom. The number of ether oxygens (including phenoxy) is 2. The van der Waals surface area contributed by atoms with Crippen molar-refractivity contribution < 1.29 is 28.7 Å². The Bertz CT molecular complexity index is 882. The number of hydrogen-bond donors (Lipinski definition) is 0. The Balaban J connectivity index is 1.80. The monoisotopic (exact) mass is 531 g/mol. The quantitative estimate of drug-likeness (QED) is 0.254. The predicted molar refractivity (Wildman–Crippen MR) is 146 cm³/mol. The van der Waals surface area contributed by atoms with Gasteiger partial charge in [-0.2, -0.15) is 0 Å². The Hall–Kier alpha value is -2.02. The largest absolute Gasteiger partial charge is 0.464 e. The summed E-state index contributed by atoms with van der Waals surface area (Å²) in [7, 11) is 0. The fourth-order valence-corrected chi connectivity index (χ4v) is 6.09. The fraction of sp³-hybridized carbons (Fsp3) is 0.806. The lowest BCUT2D eigenvalue weighted by Gasteiger charge is -2.39. The van der Waals surface area contributed by atoms with Crippen molar-refractivity contribution in [1.82, 2.24) is 4.90 Å². The van der Waals surface area contributed by atoms with Crippen LogP contribution >= 0.6 is 0 Å². The highest BCUT2D eigenvalue weighted by molar-refractivity contribution is 6.38. The molecule has 0 radical (unpaired) electrons. The molecular formula is C31H49NO6. The van der Waals surface area contributed by atoms with Gasteiger partial charge in [0.1, 0.15) is 17.9 Å². The van der Waals surface area contributed by atoms with Gasteiger partial charge in [-0.05, 0) is 82.0 Å². The lowest BCUT2D eigenvalue weighted by Crippen LogP contribution is -2.56. The predicted octanol–water partition coefficient (Wildman–Crippen LogP) is 5.44. The summed E-state index contributed by atoms with van der Waals surface area (Å²) in [6, 6.07) is -0.753. The molecular weight excluding hydrogens is 482 g/mol. The number of piperidine rings is 1.